The second kappa shape index (κ2) is 10.6. The molecule has 1 fully saturated rings. The molecule has 2 aromatic heterocycles. The van der Waals surface area contributed by atoms with Gasteiger partial charge in [-0.25, -0.2) is 4.39 Å². The monoisotopic (exact) mass is 511 g/mol. The van der Waals surface area contributed by atoms with Gasteiger partial charge < -0.3 is 9.80 Å². The van der Waals surface area contributed by atoms with Gasteiger partial charge in [-0.15, -0.1) is 22.7 Å². The van der Waals surface area contributed by atoms with E-state index in [-0.39, 0.29) is 29.7 Å². The molecule has 0 aliphatic carbocycles. The van der Waals surface area contributed by atoms with E-state index in [9.17, 15) is 14.0 Å². The van der Waals surface area contributed by atoms with Crippen molar-refractivity contribution in [2.45, 2.75) is 38.3 Å². The quantitative estimate of drug-likeness (QED) is 0.486. The molecule has 3 aromatic rings. The van der Waals surface area contributed by atoms with Crippen molar-refractivity contribution in [3.05, 3.63) is 79.9 Å². The van der Waals surface area contributed by atoms with E-state index in [1.54, 1.807) is 34.8 Å². The molecule has 0 bridgehead atoms. The van der Waals surface area contributed by atoms with Crippen LogP contribution in [-0.4, -0.2) is 65.3 Å². The first-order chi connectivity index (χ1) is 17.0. The highest BCUT2D eigenvalue weighted by molar-refractivity contribution is 7.10. The van der Waals surface area contributed by atoms with Gasteiger partial charge in [0.1, 0.15) is 5.82 Å². The van der Waals surface area contributed by atoms with Crippen LogP contribution in [0.4, 0.5) is 4.39 Å². The molecule has 8 heteroatoms. The van der Waals surface area contributed by atoms with Gasteiger partial charge in [0.15, 0.2) is 0 Å². The molecule has 1 saturated heterocycles. The molecule has 4 heterocycles. The molecule has 2 atom stereocenters. The van der Waals surface area contributed by atoms with Crippen LogP contribution in [0.5, 0.6) is 0 Å². The number of amides is 2. The molecule has 5 nitrogen and oxygen atoms in total. The molecule has 35 heavy (non-hydrogen) atoms. The third kappa shape index (κ3) is 5.34. The van der Waals surface area contributed by atoms with E-state index in [0.29, 0.717) is 39.0 Å². The Balaban J connectivity index is 1.20. The van der Waals surface area contributed by atoms with Crippen molar-refractivity contribution in [1.82, 2.24) is 14.7 Å². The zero-order chi connectivity index (χ0) is 24.4. The second-order valence-electron chi connectivity index (χ2n) is 9.32. The first kappa shape index (κ1) is 24.2. The summed E-state index contributed by atoms with van der Waals surface area (Å²) in [6, 6.07) is 12.9. The summed E-state index contributed by atoms with van der Waals surface area (Å²) in [6.07, 6.45) is 1.80. The van der Waals surface area contributed by atoms with Gasteiger partial charge in [0.25, 0.3) is 0 Å². The summed E-state index contributed by atoms with van der Waals surface area (Å²) < 4.78 is 14.0. The number of benzene rings is 1. The number of hydrogen-bond donors (Lipinski definition) is 0. The van der Waals surface area contributed by atoms with Gasteiger partial charge in [-0.2, -0.15) is 0 Å². The zero-order valence-corrected chi connectivity index (χ0v) is 21.5. The standard InChI is InChI=1S/C27H30FN3O2S2/c1-19-18-30(12-13-31(19)26(33)17-22-6-3-14-34-22)25(32)8-11-29-10-7-24-23(9-15-35-24)27(29)20-4-2-5-21(28)16-20/h2-6,9,14-16,19,27H,7-8,10-13,17-18H2,1H3/t19-,27-/m0/s1. The number of rotatable bonds is 6. The van der Waals surface area contributed by atoms with Crippen molar-refractivity contribution in [2.75, 3.05) is 32.7 Å². The highest BCUT2D eigenvalue weighted by atomic mass is 32.1. The van der Waals surface area contributed by atoms with Gasteiger partial charge in [0, 0.05) is 54.9 Å². The van der Waals surface area contributed by atoms with E-state index >= 15 is 0 Å². The van der Waals surface area contributed by atoms with Crippen molar-refractivity contribution < 1.29 is 14.0 Å². The Morgan fingerprint density at radius 2 is 1.91 bits per heavy atom. The van der Waals surface area contributed by atoms with E-state index in [1.807, 2.05) is 40.3 Å². The molecule has 2 amide bonds. The molecule has 0 saturated carbocycles. The third-order valence-corrected chi connectivity index (χ3v) is 8.92. The van der Waals surface area contributed by atoms with Crippen LogP contribution in [0, 0.1) is 5.82 Å². The lowest BCUT2D eigenvalue weighted by Gasteiger charge is -2.41. The number of nitrogens with zero attached hydrogens (tertiary/aromatic N) is 3. The maximum Gasteiger partial charge on any atom is 0.228 e. The topological polar surface area (TPSA) is 43.9 Å². The Morgan fingerprint density at radius 3 is 2.69 bits per heavy atom. The lowest BCUT2D eigenvalue weighted by Crippen LogP contribution is -2.56. The van der Waals surface area contributed by atoms with E-state index in [1.165, 1.54) is 16.5 Å². The predicted octanol–water partition coefficient (Wildman–Crippen LogP) is 4.59. The van der Waals surface area contributed by atoms with E-state index in [0.717, 1.165) is 23.4 Å². The Morgan fingerprint density at radius 1 is 1.03 bits per heavy atom. The average Bonchev–Trinajstić information content (AvgIpc) is 3.54. The normalized spacial score (nSPS) is 20.6. The largest absolute Gasteiger partial charge is 0.339 e. The molecule has 5 rings (SSSR count). The van der Waals surface area contributed by atoms with Gasteiger partial charge in [0.2, 0.25) is 11.8 Å². The maximum atomic E-state index is 14.0. The number of thiophene rings is 2. The SMILES string of the molecule is C[C@H]1CN(C(=O)CCN2CCc3sccc3[C@@H]2c2cccc(F)c2)CCN1C(=O)Cc1cccs1. The number of halogens is 1. The first-order valence-corrected chi connectivity index (χ1v) is 13.9. The lowest BCUT2D eigenvalue weighted by atomic mass is 9.93. The van der Waals surface area contributed by atoms with Crippen LogP contribution in [0.2, 0.25) is 0 Å². The van der Waals surface area contributed by atoms with Crippen molar-refractivity contribution >= 4 is 34.5 Å². The highest BCUT2D eigenvalue weighted by Crippen LogP contribution is 2.38. The Hall–Kier alpha value is -2.55. The van der Waals surface area contributed by atoms with Crippen LogP contribution in [-0.2, 0) is 22.4 Å². The number of carbonyl (C=O) groups is 2. The van der Waals surface area contributed by atoms with Gasteiger partial charge in [-0.3, -0.25) is 14.5 Å². The van der Waals surface area contributed by atoms with Gasteiger partial charge in [-0.1, -0.05) is 18.2 Å². The second-order valence-corrected chi connectivity index (χ2v) is 11.4. The summed E-state index contributed by atoms with van der Waals surface area (Å²) >= 11 is 3.35. The highest BCUT2D eigenvalue weighted by Gasteiger charge is 2.32. The fourth-order valence-corrected chi connectivity index (χ4v) is 6.89. The molecule has 0 unspecified atom stereocenters. The molecule has 0 radical (unpaired) electrons. The minimum Gasteiger partial charge on any atom is -0.339 e. The van der Waals surface area contributed by atoms with Crippen molar-refractivity contribution in [1.29, 1.82) is 0 Å². The molecular formula is C27H30FN3O2S2. The molecule has 2 aliphatic rings. The van der Waals surface area contributed by atoms with Crippen molar-refractivity contribution in [3.63, 3.8) is 0 Å². The number of carbonyl (C=O) groups excluding carboxylic acids is 2. The molecule has 1 aromatic carbocycles. The fourth-order valence-electron chi connectivity index (χ4n) is 5.29. The van der Waals surface area contributed by atoms with E-state index in [2.05, 4.69) is 16.3 Å². The summed E-state index contributed by atoms with van der Waals surface area (Å²) in [5.41, 5.74) is 2.16. The smallest absolute Gasteiger partial charge is 0.228 e. The van der Waals surface area contributed by atoms with Crippen molar-refractivity contribution in [3.8, 4) is 0 Å². The third-order valence-electron chi connectivity index (χ3n) is 7.05. The molecule has 2 aliphatic heterocycles. The molecule has 0 N–H and O–H groups in total. The molecular weight excluding hydrogens is 481 g/mol. The molecule has 184 valence electrons. The van der Waals surface area contributed by atoms with E-state index < -0.39 is 0 Å². The summed E-state index contributed by atoms with van der Waals surface area (Å²) in [4.78, 5) is 34.4. The average molecular weight is 512 g/mol. The lowest BCUT2D eigenvalue weighted by molar-refractivity contribution is -0.142. The number of piperazine rings is 1. The number of fused-ring (bicyclic) bond motifs is 1. The van der Waals surface area contributed by atoms with Crippen LogP contribution < -0.4 is 0 Å². The minimum atomic E-state index is -0.235. The summed E-state index contributed by atoms with van der Waals surface area (Å²) in [5.74, 6) is 0.0162. The van der Waals surface area contributed by atoms with Crippen molar-refractivity contribution in [2.24, 2.45) is 0 Å². The maximum absolute atomic E-state index is 14.0. The minimum absolute atomic E-state index is 0.00329. The Bertz CT molecular complexity index is 1180. The molecule has 0 spiro atoms. The fraction of sp³-hybridized carbons (Fsp3) is 0.407. The summed E-state index contributed by atoms with van der Waals surface area (Å²) in [6.45, 7) is 5.21. The summed E-state index contributed by atoms with van der Waals surface area (Å²) in [5, 5.41) is 4.09. The summed E-state index contributed by atoms with van der Waals surface area (Å²) in [7, 11) is 0. The first-order valence-electron chi connectivity index (χ1n) is 12.1. The van der Waals surface area contributed by atoms with Crippen LogP contribution in [0.1, 0.15) is 40.3 Å². The Kier molecular flexibility index (Phi) is 7.32. The van der Waals surface area contributed by atoms with Gasteiger partial charge >= 0.3 is 0 Å². The van der Waals surface area contributed by atoms with Gasteiger partial charge in [-0.05, 0) is 59.5 Å². The predicted molar refractivity (Wildman–Crippen MR) is 138 cm³/mol. The van der Waals surface area contributed by atoms with Crippen LogP contribution in [0.25, 0.3) is 0 Å². The number of hydrogen-bond acceptors (Lipinski definition) is 5. The zero-order valence-electron chi connectivity index (χ0n) is 19.9. The Labute approximate surface area is 213 Å². The van der Waals surface area contributed by atoms with Crippen LogP contribution >= 0.6 is 22.7 Å². The van der Waals surface area contributed by atoms with Gasteiger partial charge in [0.05, 0.1) is 12.5 Å². The van der Waals surface area contributed by atoms with E-state index in [4.69, 9.17) is 0 Å². The van der Waals surface area contributed by atoms with Crippen LogP contribution in [0.3, 0.4) is 0 Å². The van der Waals surface area contributed by atoms with Crippen LogP contribution in [0.15, 0.2) is 53.2 Å².